The maximum absolute atomic E-state index is 11.4. The largest absolute Gasteiger partial charge is 0.385 e. The molecule has 5 nitrogen and oxygen atoms in total. The number of rotatable bonds is 7. The molecular weight excluding hydrogens is 352 g/mol. The molecule has 0 spiro atoms. The summed E-state index contributed by atoms with van der Waals surface area (Å²) in [6, 6.07) is 18.4. The lowest BCUT2D eigenvalue weighted by Gasteiger charge is -2.32. The predicted molar refractivity (Wildman–Crippen MR) is 109 cm³/mol. The number of carbonyl (C=O) groups is 1. The lowest BCUT2D eigenvalue weighted by Crippen LogP contribution is -3.15. The summed E-state index contributed by atoms with van der Waals surface area (Å²) in [6.07, 6.45) is -0.726. The first-order valence-corrected chi connectivity index (χ1v) is 10.0. The maximum atomic E-state index is 11.4. The van der Waals surface area contributed by atoms with Gasteiger partial charge in [0, 0.05) is 6.92 Å². The summed E-state index contributed by atoms with van der Waals surface area (Å²) in [7, 11) is 0. The van der Waals surface area contributed by atoms with Crippen molar-refractivity contribution in [3.8, 4) is 0 Å². The number of carbonyl (C=O) groups excluding carboxylic acids is 1. The topological polar surface area (TPSA) is 54.2 Å². The highest BCUT2D eigenvalue weighted by atomic mass is 16.5. The van der Waals surface area contributed by atoms with Crippen LogP contribution < -0.4 is 4.90 Å². The van der Waals surface area contributed by atoms with Crippen LogP contribution in [0.25, 0.3) is 0 Å². The monoisotopic (exact) mass is 383 g/mol. The molecule has 1 aliphatic heterocycles. The highest BCUT2D eigenvalue weighted by Gasteiger charge is 2.25. The minimum absolute atomic E-state index is 0.131. The average Bonchev–Trinajstić information content (AvgIpc) is 2.70. The van der Waals surface area contributed by atoms with Gasteiger partial charge in [0.15, 0.2) is 0 Å². The lowest BCUT2D eigenvalue weighted by atomic mass is 9.97. The Kier molecular flexibility index (Phi) is 7.20. The fourth-order valence-corrected chi connectivity index (χ4v) is 3.82. The van der Waals surface area contributed by atoms with Gasteiger partial charge in [-0.1, -0.05) is 54.6 Å². The van der Waals surface area contributed by atoms with Gasteiger partial charge in [-0.15, -0.1) is 0 Å². The van der Waals surface area contributed by atoms with Crippen LogP contribution in [0.5, 0.6) is 0 Å². The van der Waals surface area contributed by atoms with Crippen molar-refractivity contribution in [2.45, 2.75) is 26.1 Å². The van der Waals surface area contributed by atoms with Crippen molar-refractivity contribution in [3.63, 3.8) is 0 Å². The number of hydrogen-bond acceptors (Lipinski definition) is 3. The van der Waals surface area contributed by atoms with Gasteiger partial charge in [-0.25, -0.2) is 0 Å². The molecule has 2 N–H and O–H groups in total. The summed E-state index contributed by atoms with van der Waals surface area (Å²) in [6.45, 7) is 7.89. The number of benzene rings is 2. The van der Waals surface area contributed by atoms with E-state index < -0.39 is 6.10 Å². The summed E-state index contributed by atoms with van der Waals surface area (Å²) < 4.78 is 6.23. The zero-order valence-corrected chi connectivity index (χ0v) is 16.8. The second-order valence-electron chi connectivity index (χ2n) is 7.59. The number of nitrogens with one attached hydrogen (secondary N) is 1. The molecule has 0 aliphatic carbocycles. The van der Waals surface area contributed by atoms with Crippen molar-refractivity contribution >= 4 is 5.91 Å². The summed E-state index contributed by atoms with van der Waals surface area (Å²) in [5.74, 6) is 0.131. The van der Waals surface area contributed by atoms with Crippen LogP contribution >= 0.6 is 0 Å². The van der Waals surface area contributed by atoms with Gasteiger partial charge in [0.1, 0.15) is 18.8 Å². The van der Waals surface area contributed by atoms with E-state index in [1.54, 1.807) is 6.92 Å². The van der Waals surface area contributed by atoms with E-state index in [0.717, 1.165) is 37.3 Å². The average molecular weight is 384 g/mol. The van der Waals surface area contributed by atoms with Gasteiger partial charge in [0.2, 0.25) is 5.91 Å². The molecule has 28 heavy (non-hydrogen) atoms. The van der Waals surface area contributed by atoms with Crippen LogP contribution in [0.15, 0.2) is 54.6 Å². The second kappa shape index (κ2) is 9.82. The summed E-state index contributed by atoms with van der Waals surface area (Å²) >= 11 is 0. The molecule has 0 saturated carbocycles. The van der Waals surface area contributed by atoms with Crippen LogP contribution in [-0.4, -0.2) is 61.3 Å². The molecule has 3 rings (SSSR count). The number of quaternary nitrogens is 1. The van der Waals surface area contributed by atoms with E-state index in [2.05, 4.69) is 31.2 Å². The van der Waals surface area contributed by atoms with Gasteiger partial charge >= 0.3 is 0 Å². The SMILES string of the molecule is CC(=O)N1CC[NH+](C[C@@H](O)CO[C@H](c2ccccc2)c2ccccc2C)CC1. The fraction of sp³-hybridized carbons (Fsp3) is 0.435. The van der Waals surface area contributed by atoms with Crippen molar-refractivity contribution in [2.75, 3.05) is 39.3 Å². The van der Waals surface area contributed by atoms with Crippen LogP contribution in [-0.2, 0) is 9.53 Å². The Morgan fingerprint density at radius 2 is 1.75 bits per heavy atom. The van der Waals surface area contributed by atoms with Gasteiger partial charge in [-0.2, -0.15) is 0 Å². The first-order valence-electron chi connectivity index (χ1n) is 10.0. The van der Waals surface area contributed by atoms with Gasteiger partial charge in [0.25, 0.3) is 0 Å². The minimum atomic E-state index is -0.533. The molecule has 0 radical (unpaired) electrons. The number of ether oxygens (including phenoxy) is 1. The van der Waals surface area contributed by atoms with Crippen molar-refractivity contribution in [3.05, 3.63) is 71.3 Å². The molecule has 2 aromatic rings. The number of aliphatic hydroxyl groups excluding tert-OH is 1. The van der Waals surface area contributed by atoms with E-state index in [4.69, 9.17) is 4.74 Å². The molecule has 2 aromatic carbocycles. The van der Waals surface area contributed by atoms with E-state index in [0.29, 0.717) is 6.54 Å². The van der Waals surface area contributed by atoms with Gasteiger partial charge in [-0.3, -0.25) is 4.79 Å². The molecule has 1 fully saturated rings. The zero-order chi connectivity index (χ0) is 19.9. The Morgan fingerprint density at radius 1 is 1.11 bits per heavy atom. The van der Waals surface area contributed by atoms with E-state index in [9.17, 15) is 9.90 Å². The number of piperazine rings is 1. The number of aliphatic hydroxyl groups is 1. The Morgan fingerprint density at radius 3 is 2.39 bits per heavy atom. The van der Waals surface area contributed by atoms with Gasteiger partial charge in [-0.05, 0) is 23.6 Å². The third-order valence-electron chi connectivity index (χ3n) is 5.47. The van der Waals surface area contributed by atoms with E-state index >= 15 is 0 Å². The number of nitrogens with zero attached hydrogens (tertiary/aromatic N) is 1. The molecule has 5 heteroatoms. The summed E-state index contributed by atoms with van der Waals surface area (Å²) in [5.41, 5.74) is 3.39. The zero-order valence-electron chi connectivity index (χ0n) is 16.8. The van der Waals surface area contributed by atoms with E-state index in [-0.39, 0.29) is 18.6 Å². The van der Waals surface area contributed by atoms with Crippen molar-refractivity contribution in [1.82, 2.24) is 4.90 Å². The minimum Gasteiger partial charge on any atom is -0.385 e. The Hall–Kier alpha value is -2.21. The summed E-state index contributed by atoms with van der Waals surface area (Å²) in [4.78, 5) is 14.6. The lowest BCUT2D eigenvalue weighted by molar-refractivity contribution is -0.907. The van der Waals surface area contributed by atoms with Crippen LogP contribution in [0.3, 0.4) is 0 Å². The van der Waals surface area contributed by atoms with Crippen molar-refractivity contribution < 1.29 is 19.5 Å². The molecule has 2 atom stereocenters. The standard InChI is InChI=1S/C23H30N2O3/c1-18-8-6-7-11-22(18)23(20-9-4-3-5-10-20)28-17-21(27)16-24-12-14-25(15-13-24)19(2)26/h3-11,21,23,27H,12-17H2,1-2H3/p+1/t21-,23-/m1/s1. The molecule has 1 saturated heterocycles. The molecule has 0 aromatic heterocycles. The van der Waals surface area contributed by atoms with Crippen LogP contribution in [0.2, 0.25) is 0 Å². The third kappa shape index (κ3) is 5.41. The molecule has 0 unspecified atom stereocenters. The number of amides is 1. The first kappa shape index (κ1) is 20.5. The van der Waals surface area contributed by atoms with Crippen LogP contribution in [0.4, 0.5) is 0 Å². The molecule has 150 valence electrons. The molecule has 1 heterocycles. The summed E-state index contributed by atoms with van der Waals surface area (Å²) in [5, 5.41) is 10.6. The van der Waals surface area contributed by atoms with E-state index in [1.165, 1.54) is 10.5 Å². The molecule has 0 bridgehead atoms. The van der Waals surface area contributed by atoms with E-state index in [1.807, 2.05) is 35.2 Å². The quantitative estimate of drug-likeness (QED) is 0.756. The normalized spacial score (nSPS) is 17.3. The molecule has 1 amide bonds. The first-order chi connectivity index (χ1) is 13.5. The third-order valence-corrected chi connectivity index (χ3v) is 5.47. The molecular formula is C23H31N2O3+. The highest BCUT2D eigenvalue weighted by molar-refractivity contribution is 5.73. The van der Waals surface area contributed by atoms with Crippen LogP contribution in [0.1, 0.15) is 29.7 Å². The Bertz CT molecular complexity index is 757. The van der Waals surface area contributed by atoms with Gasteiger partial charge in [0.05, 0.1) is 32.8 Å². The maximum Gasteiger partial charge on any atom is 0.219 e. The highest BCUT2D eigenvalue weighted by Crippen LogP contribution is 2.28. The Labute approximate surface area is 167 Å². The fourth-order valence-electron chi connectivity index (χ4n) is 3.82. The number of hydrogen-bond donors (Lipinski definition) is 2. The van der Waals surface area contributed by atoms with Gasteiger partial charge < -0.3 is 19.6 Å². The van der Waals surface area contributed by atoms with Crippen molar-refractivity contribution in [1.29, 1.82) is 0 Å². The predicted octanol–water partition coefficient (Wildman–Crippen LogP) is 1.21. The van der Waals surface area contributed by atoms with Crippen LogP contribution in [0, 0.1) is 6.92 Å². The second-order valence-corrected chi connectivity index (χ2v) is 7.59. The number of aryl methyl sites for hydroxylation is 1. The molecule has 1 aliphatic rings. The Balaban J connectivity index is 1.59. The smallest absolute Gasteiger partial charge is 0.219 e. The van der Waals surface area contributed by atoms with Crippen molar-refractivity contribution in [2.24, 2.45) is 0 Å².